The molecule has 0 radical (unpaired) electrons. The molecule has 1 aliphatic rings. The van der Waals surface area contributed by atoms with Crippen LogP contribution in [0.2, 0.25) is 0 Å². The van der Waals surface area contributed by atoms with Gasteiger partial charge in [0.1, 0.15) is 17.1 Å². The fourth-order valence-corrected chi connectivity index (χ4v) is 3.00. The smallest absolute Gasteiger partial charge is 0.349 e. The number of rotatable bonds is 5. The Hall–Kier alpha value is -3.60. The van der Waals surface area contributed by atoms with E-state index in [0.717, 1.165) is 17.7 Å². The van der Waals surface area contributed by atoms with Gasteiger partial charge < -0.3 is 19.2 Å². The van der Waals surface area contributed by atoms with Gasteiger partial charge >= 0.3 is 5.63 Å². The Balaban J connectivity index is 0.000000941. The largest absolute Gasteiger partial charge is 0.497 e. The van der Waals surface area contributed by atoms with E-state index in [2.05, 4.69) is 6.07 Å². The number of likely N-dealkylation sites (tertiary alicyclic amines) is 1. The van der Waals surface area contributed by atoms with Gasteiger partial charge in [0.15, 0.2) is 0 Å². The molecule has 0 saturated carbocycles. The molecule has 29 heavy (non-hydrogen) atoms. The third-order valence-corrected chi connectivity index (χ3v) is 4.58. The predicted molar refractivity (Wildman–Crippen MR) is 104 cm³/mol. The monoisotopic (exact) mass is 398 g/mol. The van der Waals surface area contributed by atoms with Gasteiger partial charge in [-0.3, -0.25) is 9.59 Å². The normalized spacial score (nSPS) is 12.8. The summed E-state index contributed by atoms with van der Waals surface area (Å²) in [7, 11) is 1.62. The number of nitriles is 1. The molecule has 0 unspecified atom stereocenters. The number of ether oxygens (including phenoxy) is 1. The number of methoxy groups -OCH3 is 1. The van der Waals surface area contributed by atoms with Crippen molar-refractivity contribution in [2.45, 2.75) is 19.8 Å². The highest BCUT2D eigenvalue weighted by Gasteiger charge is 2.33. The number of carbonyl (C=O) groups is 2. The van der Waals surface area contributed by atoms with E-state index in [9.17, 15) is 9.59 Å². The van der Waals surface area contributed by atoms with Gasteiger partial charge in [0, 0.05) is 19.5 Å². The van der Waals surface area contributed by atoms with Crippen molar-refractivity contribution in [1.29, 1.82) is 5.26 Å². The van der Waals surface area contributed by atoms with Gasteiger partial charge in [0.25, 0.3) is 12.4 Å². The Morgan fingerprint density at radius 1 is 1.34 bits per heavy atom. The van der Waals surface area contributed by atoms with Crippen LogP contribution in [0.25, 0.3) is 0 Å². The number of carboxylic acid groups (broad SMARTS) is 1. The number of aryl methyl sites for hydroxylation is 3. The summed E-state index contributed by atoms with van der Waals surface area (Å²) in [5, 5.41) is 15.7. The summed E-state index contributed by atoms with van der Waals surface area (Å²) >= 11 is 0. The maximum Gasteiger partial charge on any atom is 0.349 e. The molecule has 1 amide bonds. The summed E-state index contributed by atoms with van der Waals surface area (Å²) in [6, 6.07) is 11.6. The number of nitrogens with zero attached hydrogens (tertiary/aromatic N) is 2. The molecule has 1 aromatic heterocycles. The van der Waals surface area contributed by atoms with Crippen LogP contribution in [0.1, 0.15) is 27.2 Å². The van der Waals surface area contributed by atoms with Gasteiger partial charge in [0.05, 0.1) is 19.1 Å². The van der Waals surface area contributed by atoms with Crippen LogP contribution in [-0.4, -0.2) is 42.6 Å². The minimum absolute atomic E-state index is 0.0644. The molecule has 1 fully saturated rings. The standard InChI is InChI=1S/C20H20N2O4.CH2O2/c1-13-9-17(8-5-14-3-6-16(25-2)7-4-14)26-20(24)18(13)19(23)22-11-15(10-21)12-22;2-1-3/h3-4,6-7,9,15H,5,8,11-12H2,1-2H3;1H,(H,2,3). The highest BCUT2D eigenvalue weighted by molar-refractivity contribution is 5.95. The van der Waals surface area contributed by atoms with Gasteiger partial charge in [-0.25, -0.2) is 4.79 Å². The Morgan fingerprint density at radius 3 is 2.48 bits per heavy atom. The number of amides is 1. The minimum atomic E-state index is -0.611. The van der Waals surface area contributed by atoms with E-state index in [-0.39, 0.29) is 23.9 Å². The maximum atomic E-state index is 12.4. The summed E-state index contributed by atoms with van der Waals surface area (Å²) in [4.78, 5) is 34.6. The molecule has 1 saturated heterocycles. The molecular weight excluding hydrogens is 376 g/mol. The second kappa shape index (κ2) is 10.1. The molecule has 3 rings (SSSR count). The van der Waals surface area contributed by atoms with E-state index < -0.39 is 5.63 Å². The van der Waals surface area contributed by atoms with Crippen LogP contribution in [-0.2, 0) is 17.6 Å². The van der Waals surface area contributed by atoms with Crippen molar-refractivity contribution in [3.63, 3.8) is 0 Å². The van der Waals surface area contributed by atoms with Crippen molar-refractivity contribution in [2.75, 3.05) is 20.2 Å². The van der Waals surface area contributed by atoms with E-state index in [1.165, 1.54) is 4.90 Å². The zero-order valence-corrected chi connectivity index (χ0v) is 16.3. The summed E-state index contributed by atoms with van der Waals surface area (Å²) in [6.45, 7) is 2.23. The lowest BCUT2D eigenvalue weighted by molar-refractivity contribution is -0.122. The first-order valence-electron chi connectivity index (χ1n) is 8.96. The Morgan fingerprint density at radius 2 is 1.97 bits per heavy atom. The second-order valence-corrected chi connectivity index (χ2v) is 6.55. The topological polar surface area (TPSA) is 121 Å². The van der Waals surface area contributed by atoms with E-state index >= 15 is 0 Å². The Bertz CT molecular complexity index is 953. The van der Waals surface area contributed by atoms with Gasteiger partial charge in [-0.15, -0.1) is 0 Å². The highest BCUT2D eigenvalue weighted by atomic mass is 16.5. The van der Waals surface area contributed by atoms with Gasteiger partial charge in [-0.05, 0) is 42.7 Å². The van der Waals surface area contributed by atoms with Gasteiger partial charge in [-0.1, -0.05) is 12.1 Å². The fraction of sp³-hybridized carbons (Fsp3) is 0.333. The molecular formula is C21H22N2O6. The molecule has 2 heterocycles. The van der Waals surface area contributed by atoms with E-state index in [1.807, 2.05) is 24.3 Å². The van der Waals surface area contributed by atoms with Crippen molar-refractivity contribution in [3.05, 3.63) is 63.2 Å². The van der Waals surface area contributed by atoms with E-state index in [0.29, 0.717) is 30.8 Å². The van der Waals surface area contributed by atoms with Crippen LogP contribution in [0.3, 0.4) is 0 Å². The third-order valence-electron chi connectivity index (χ3n) is 4.58. The quantitative estimate of drug-likeness (QED) is 0.765. The summed E-state index contributed by atoms with van der Waals surface area (Å²) in [6.07, 6.45) is 1.28. The molecule has 8 nitrogen and oxygen atoms in total. The van der Waals surface area contributed by atoms with Crippen molar-refractivity contribution < 1.29 is 23.8 Å². The molecule has 1 aliphatic heterocycles. The highest BCUT2D eigenvalue weighted by Crippen LogP contribution is 2.19. The van der Waals surface area contributed by atoms with Gasteiger partial charge in [-0.2, -0.15) is 5.26 Å². The summed E-state index contributed by atoms with van der Waals surface area (Å²) in [5.74, 6) is 0.849. The SMILES string of the molecule is COc1ccc(CCc2cc(C)c(C(=O)N3CC(C#N)C3)c(=O)o2)cc1.O=CO. The van der Waals surface area contributed by atoms with Crippen LogP contribution < -0.4 is 10.4 Å². The molecule has 2 aromatic rings. The first kappa shape index (κ1) is 21.7. The Labute approximate surface area is 167 Å². The Kier molecular flexibility index (Phi) is 7.54. The number of hydrogen-bond donors (Lipinski definition) is 1. The van der Waals surface area contributed by atoms with Crippen LogP contribution in [0, 0.1) is 24.2 Å². The molecule has 0 bridgehead atoms. The molecule has 8 heteroatoms. The van der Waals surface area contributed by atoms with Crippen molar-refractivity contribution in [2.24, 2.45) is 5.92 Å². The lowest BCUT2D eigenvalue weighted by Gasteiger charge is -2.35. The zero-order chi connectivity index (χ0) is 21.4. The minimum Gasteiger partial charge on any atom is -0.497 e. The fourth-order valence-electron chi connectivity index (χ4n) is 3.00. The molecule has 0 aliphatic carbocycles. The van der Waals surface area contributed by atoms with Crippen molar-refractivity contribution in [1.82, 2.24) is 4.90 Å². The number of carbonyl (C=O) groups excluding carboxylic acids is 1. The lowest BCUT2D eigenvalue weighted by Crippen LogP contribution is -2.50. The average Bonchev–Trinajstić information content (AvgIpc) is 2.66. The summed E-state index contributed by atoms with van der Waals surface area (Å²) < 4.78 is 10.5. The summed E-state index contributed by atoms with van der Waals surface area (Å²) in [5.41, 5.74) is 1.17. The molecule has 0 spiro atoms. The average molecular weight is 398 g/mol. The lowest BCUT2D eigenvalue weighted by atomic mass is 9.99. The predicted octanol–water partition coefficient (Wildman–Crippen LogP) is 2.04. The van der Waals surface area contributed by atoms with Crippen LogP contribution in [0.15, 0.2) is 39.5 Å². The number of benzene rings is 1. The molecule has 152 valence electrons. The zero-order valence-electron chi connectivity index (χ0n) is 16.3. The van der Waals surface area contributed by atoms with Crippen molar-refractivity contribution >= 4 is 12.4 Å². The van der Waals surface area contributed by atoms with E-state index in [1.54, 1.807) is 20.1 Å². The number of hydrogen-bond acceptors (Lipinski definition) is 6. The van der Waals surface area contributed by atoms with Gasteiger partial charge in [0.2, 0.25) is 0 Å². The van der Waals surface area contributed by atoms with Crippen LogP contribution >= 0.6 is 0 Å². The molecule has 1 N–H and O–H groups in total. The molecule has 0 atom stereocenters. The van der Waals surface area contributed by atoms with Crippen molar-refractivity contribution in [3.8, 4) is 11.8 Å². The van der Waals surface area contributed by atoms with Crippen LogP contribution in [0.4, 0.5) is 0 Å². The second-order valence-electron chi connectivity index (χ2n) is 6.55. The first-order valence-corrected chi connectivity index (χ1v) is 8.96. The van der Waals surface area contributed by atoms with E-state index in [4.69, 9.17) is 24.3 Å². The first-order chi connectivity index (χ1) is 13.9. The van der Waals surface area contributed by atoms with Crippen LogP contribution in [0.5, 0.6) is 5.75 Å². The third kappa shape index (κ3) is 5.45. The maximum absolute atomic E-state index is 12.4. The molecule has 1 aromatic carbocycles.